The van der Waals surface area contributed by atoms with Crippen molar-refractivity contribution in [3.63, 3.8) is 0 Å². The van der Waals surface area contributed by atoms with Crippen LogP contribution in [0, 0.1) is 0 Å². The molecule has 1 aromatic carbocycles. The predicted octanol–water partition coefficient (Wildman–Crippen LogP) is 3.91. The molecule has 3 nitrogen and oxygen atoms in total. The summed E-state index contributed by atoms with van der Waals surface area (Å²) in [6, 6.07) is 12.0. The lowest BCUT2D eigenvalue weighted by molar-refractivity contribution is -0.141. The fraction of sp³-hybridized carbons (Fsp3) is 0.278. The molecule has 3 aromatic rings. The summed E-state index contributed by atoms with van der Waals surface area (Å²) in [6.45, 7) is 2.39. The molecule has 0 amide bonds. The van der Waals surface area contributed by atoms with E-state index in [2.05, 4.69) is 22.0 Å². The van der Waals surface area contributed by atoms with Gasteiger partial charge in [0.2, 0.25) is 0 Å². The Morgan fingerprint density at radius 2 is 1.88 bits per heavy atom. The largest absolute Gasteiger partial charge is 0.433 e. The van der Waals surface area contributed by atoms with Crippen molar-refractivity contribution in [2.75, 3.05) is 6.54 Å². The third kappa shape index (κ3) is 2.67. The molecule has 0 atom stereocenters. The number of nitrogens with zero attached hydrogens (tertiary/aromatic N) is 3. The second-order valence-corrected chi connectivity index (χ2v) is 6.10. The first-order valence-electron chi connectivity index (χ1n) is 7.83. The lowest BCUT2D eigenvalue weighted by atomic mass is 10.0. The van der Waals surface area contributed by atoms with E-state index in [1.165, 1.54) is 11.8 Å². The Balaban J connectivity index is 1.63. The molecule has 2 aromatic heterocycles. The van der Waals surface area contributed by atoms with Crippen LogP contribution in [0.2, 0.25) is 0 Å². The molecular weight excluding hydrogens is 315 g/mol. The smallest absolute Gasteiger partial charge is 0.296 e. The van der Waals surface area contributed by atoms with E-state index in [0.717, 1.165) is 41.4 Å². The van der Waals surface area contributed by atoms with Gasteiger partial charge in [-0.2, -0.15) is 13.2 Å². The molecule has 1 aliphatic heterocycles. The molecule has 0 unspecified atom stereocenters. The van der Waals surface area contributed by atoms with Crippen molar-refractivity contribution in [2.45, 2.75) is 25.7 Å². The number of alkyl halides is 3. The van der Waals surface area contributed by atoms with Crippen molar-refractivity contribution in [1.29, 1.82) is 0 Å². The average molecular weight is 331 g/mol. The van der Waals surface area contributed by atoms with E-state index in [1.54, 1.807) is 6.07 Å². The van der Waals surface area contributed by atoms with E-state index in [0.29, 0.717) is 12.1 Å². The summed E-state index contributed by atoms with van der Waals surface area (Å²) in [4.78, 5) is 6.34. The van der Waals surface area contributed by atoms with Crippen LogP contribution in [0.25, 0.3) is 5.65 Å². The van der Waals surface area contributed by atoms with Crippen molar-refractivity contribution in [1.82, 2.24) is 14.3 Å². The number of aromatic nitrogens is 2. The van der Waals surface area contributed by atoms with E-state index < -0.39 is 11.9 Å². The number of imidazole rings is 1. The van der Waals surface area contributed by atoms with E-state index >= 15 is 0 Å². The molecule has 0 saturated heterocycles. The Hall–Kier alpha value is -2.34. The maximum atomic E-state index is 13.0. The van der Waals surface area contributed by atoms with Gasteiger partial charge in [0.1, 0.15) is 11.3 Å². The summed E-state index contributed by atoms with van der Waals surface area (Å²) in [5, 5.41) is 0. The number of rotatable bonds is 2. The minimum Gasteiger partial charge on any atom is -0.296 e. The highest BCUT2D eigenvalue weighted by Gasteiger charge is 2.35. The highest BCUT2D eigenvalue weighted by Crippen LogP contribution is 2.32. The van der Waals surface area contributed by atoms with Crippen molar-refractivity contribution >= 4 is 5.65 Å². The lowest BCUT2D eigenvalue weighted by Gasteiger charge is -2.29. The number of halogens is 3. The van der Waals surface area contributed by atoms with E-state index in [-0.39, 0.29) is 0 Å². The van der Waals surface area contributed by atoms with Crippen LogP contribution in [-0.4, -0.2) is 20.8 Å². The lowest BCUT2D eigenvalue weighted by Crippen LogP contribution is -2.30. The Morgan fingerprint density at radius 1 is 1.08 bits per heavy atom. The maximum absolute atomic E-state index is 13.0. The molecule has 0 saturated carbocycles. The van der Waals surface area contributed by atoms with Crippen LogP contribution < -0.4 is 0 Å². The fourth-order valence-electron chi connectivity index (χ4n) is 3.34. The summed E-state index contributed by atoms with van der Waals surface area (Å²) in [6.07, 6.45) is -1.27. The summed E-state index contributed by atoms with van der Waals surface area (Å²) < 4.78 is 40.2. The fourth-order valence-corrected chi connectivity index (χ4v) is 3.34. The summed E-state index contributed by atoms with van der Waals surface area (Å²) in [5.41, 5.74) is 2.94. The summed E-state index contributed by atoms with van der Waals surface area (Å²) >= 11 is 0. The van der Waals surface area contributed by atoms with Gasteiger partial charge in [0.15, 0.2) is 0 Å². The van der Waals surface area contributed by atoms with Crippen molar-refractivity contribution in [3.05, 3.63) is 71.2 Å². The first-order chi connectivity index (χ1) is 11.5. The van der Waals surface area contributed by atoms with Crippen molar-refractivity contribution in [3.8, 4) is 0 Å². The Kier molecular flexibility index (Phi) is 3.57. The first-order valence-corrected chi connectivity index (χ1v) is 7.83. The van der Waals surface area contributed by atoms with Gasteiger partial charge >= 0.3 is 6.18 Å². The van der Waals surface area contributed by atoms with Crippen LogP contribution >= 0.6 is 0 Å². The molecule has 0 N–H and O–H groups in total. The molecule has 1 aliphatic rings. The molecular formula is C18H16F3N3. The van der Waals surface area contributed by atoms with Crippen LogP contribution in [0.1, 0.15) is 22.4 Å². The number of fused-ring (bicyclic) bond motifs is 3. The monoisotopic (exact) mass is 331 g/mol. The van der Waals surface area contributed by atoms with E-state index in [9.17, 15) is 13.2 Å². The normalized spacial score (nSPS) is 15.6. The zero-order valence-corrected chi connectivity index (χ0v) is 12.9. The van der Waals surface area contributed by atoms with Crippen LogP contribution in [0.5, 0.6) is 0 Å². The zero-order valence-electron chi connectivity index (χ0n) is 12.9. The van der Waals surface area contributed by atoms with Crippen molar-refractivity contribution < 1.29 is 13.2 Å². The minimum atomic E-state index is -4.39. The van der Waals surface area contributed by atoms with Gasteiger partial charge in [-0.15, -0.1) is 0 Å². The molecule has 0 aliphatic carbocycles. The maximum Gasteiger partial charge on any atom is 0.433 e. The third-order valence-electron chi connectivity index (χ3n) is 4.49. The van der Waals surface area contributed by atoms with Gasteiger partial charge in [-0.05, 0) is 23.6 Å². The molecule has 3 heterocycles. The van der Waals surface area contributed by atoms with Gasteiger partial charge in [-0.1, -0.05) is 30.3 Å². The molecule has 0 fully saturated rings. The van der Waals surface area contributed by atoms with Gasteiger partial charge < -0.3 is 0 Å². The molecule has 0 radical (unpaired) electrons. The minimum absolute atomic E-state index is 0.430. The van der Waals surface area contributed by atoms with Crippen LogP contribution in [0.3, 0.4) is 0 Å². The zero-order chi connectivity index (χ0) is 16.7. The second kappa shape index (κ2) is 5.63. The van der Waals surface area contributed by atoms with Crippen LogP contribution in [-0.2, 0) is 25.7 Å². The van der Waals surface area contributed by atoms with Gasteiger partial charge in [-0.3, -0.25) is 9.30 Å². The van der Waals surface area contributed by atoms with Crippen molar-refractivity contribution in [2.24, 2.45) is 0 Å². The van der Waals surface area contributed by atoms with Gasteiger partial charge in [0.05, 0.1) is 6.20 Å². The highest BCUT2D eigenvalue weighted by molar-refractivity contribution is 5.54. The Morgan fingerprint density at radius 3 is 2.62 bits per heavy atom. The summed E-state index contributed by atoms with van der Waals surface area (Å²) in [5.74, 6) is 0. The van der Waals surface area contributed by atoms with E-state index in [1.807, 2.05) is 18.2 Å². The highest BCUT2D eigenvalue weighted by atomic mass is 19.4. The first kappa shape index (κ1) is 15.2. The standard InChI is InChI=1S/C18H16F3N3/c19-18(20,21)16-10-22-17-15-7-8-23(11-13-4-2-1-3-5-13)12-14(15)6-9-24(16)17/h1-6,9-10H,7-8,11-12H2. The molecule has 24 heavy (non-hydrogen) atoms. The molecule has 0 bridgehead atoms. The van der Waals surface area contributed by atoms with Gasteiger partial charge in [0.25, 0.3) is 0 Å². The average Bonchev–Trinajstić information content (AvgIpc) is 3.00. The van der Waals surface area contributed by atoms with Gasteiger partial charge in [0, 0.05) is 31.4 Å². The quantitative estimate of drug-likeness (QED) is 0.710. The van der Waals surface area contributed by atoms with Gasteiger partial charge in [-0.25, -0.2) is 4.98 Å². The third-order valence-corrected chi connectivity index (χ3v) is 4.49. The number of pyridine rings is 1. The molecule has 6 heteroatoms. The Labute approximate surface area is 137 Å². The number of benzene rings is 1. The topological polar surface area (TPSA) is 20.5 Å². The predicted molar refractivity (Wildman–Crippen MR) is 84.5 cm³/mol. The number of hydrogen-bond acceptors (Lipinski definition) is 2. The Bertz CT molecular complexity index is 868. The second-order valence-electron chi connectivity index (χ2n) is 6.10. The molecule has 4 rings (SSSR count). The SMILES string of the molecule is FC(F)(F)c1cnc2c3c(ccn12)CN(Cc1ccccc1)CC3. The number of hydrogen-bond donors (Lipinski definition) is 0. The van der Waals surface area contributed by atoms with E-state index in [4.69, 9.17) is 0 Å². The van der Waals surface area contributed by atoms with Crippen LogP contribution in [0.4, 0.5) is 13.2 Å². The van der Waals surface area contributed by atoms with Crippen LogP contribution in [0.15, 0.2) is 48.8 Å². The molecule has 124 valence electrons. The molecule has 0 spiro atoms. The summed E-state index contributed by atoms with van der Waals surface area (Å²) in [7, 11) is 0.